The number of hydrogen-bond acceptors (Lipinski definition) is 7. The highest BCUT2D eigenvalue weighted by Crippen LogP contribution is 2.22. The van der Waals surface area contributed by atoms with Crippen LogP contribution in [0, 0.1) is 0 Å². The Labute approximate surface area is 191 Å². The van der Waals surface area contributed by atoms with Crippen LogP contribution in [0.15, 0.2) is 24.3 Å². The number of ketones is 1. The van der Waals surface area contributed by atoms with E-state index in [1.165, 1.54) is 24.3 Å². The second-order valence-electron chi connectivity index (χ2n) is 7.58. The molecule has 33 heavy (non-hydrogen) atoms. The highest BCUT2D eigenvalue weighted by Gasteiger charge is 2.28. The monoisotopic (exact) mass is 490 g/mol. The van der Waals surface area contributed by atoms with Gasteiger partial charge in [0.1, 0.15) is 5.75 Å². The molecule has 1 unspecified atom stereocenters. The average molecular weight is 491 g/mol. The van der Waals surface area contributed by atoms with Crippen LogP contribution in [0.5, 0.6) is 5.75 Å². The van der Waals surface area contributed by atoms with Crippen LogP contribution in [-0.2, 0) is 34.7 Å². The summed E-state index contributed by atoms with van der Waals surface area (Å²) in [5.74, 6) is -3.74. The van der Waals surface area contributed by atoms with Gasteiger partial charge < -0.3 is 20.1 Å². The van der Waals surface area contributed by atoms with Gasteiger partial charge in [0.2, 0.25) is 11.7 Å². The largest absolute Gasteiger partial charge is 0.435 e. The van der Waals surface area contributed by atoms with E-state index in [9.17, 15) is 31.6 Å². The summed E-state index contributed by atoms with van der Waals surface area (Å²) < 4.78 is 59.3. The van der Waals surface area contributed by atoms with E-state index in [2.05, 4.69) is 15.4 Å². The van der Waals surface area contributed by atoms with Gasteiger partial charge in [-0.3, -0.25) is 14.4 Å². The highest BCUT2D eigenvalue weighted by atomic mass is 32.2. The smallest absolute Gasteiger partial charge is 0.387 e. The molecule has 1 heterocycles. The van der Waals surface area contributed by atoms with Gasteiger partial charge in [-0.2, -0.15) is 8.78 Å². The maximum absolute atomic E-state index is 12.5. The zero-order chi connectivity index (χ0) is 24.4. The third kappa shape index (κ3) is 9.04. The van der Waals surface area contributed by atoms with Crippen molar-refractivity contribution in [2.75, 3.05) is 19.0 Å². The van der Waals surface area contributed by atoms with Crippen LogP contribution in [0.1, 0.15) is 38.2 Å². The number of carbonyl (C=O) groups is 3. The van der Waals surface area contributed by atoms with Crippen molar-refractivity contribution < 1.29 is 41.1 Å². The van der Waals surface area contributed by atoms with Crippen LogP contribution in [0.4, 0.5) is 8.78 Å². The number of sulfone groups is 1. The van der Waals surface area contributed by atoms with Gasteiger partial charge >= 0.3 is 6.61 Å². The Morgan fingerprint density at radius 2 is 1.85 bits per heavy atom. The Morgan fingerprint density at radius 1 is 1.18 bits per heavy atom. The lowest BCUT2D eigenvalue weighted by Gasteiger charge is -2.24. The number of carbonyl (C=O) groups excluding carboxylic acids is 3. The average Bonchev–Trinajstić information content (AvgIpc) is 2.77. The maximum Gasteiger partial charge on any atom is 0.387 e. The summed E-state index contributed by atoms with van der Waals surface area (Å²) in [6.45, 7) is -0.520. The second kappa shape index (κ2) is 12.6. The van der Waals surface area contributed by atoms with E-state index in [-0.39, 0.29) is 23.8 Å². The standard InChI is InChI=1S/C21H28F2N2O7S/c1-2-16(19(27)20(28)24-15-7-10-31-11-8-15)25-18(26)9-12-33(29,30)13-14-5-3-4-6-17(14)32-21(22)23/h3-6,15-16,21H,2,7-13H2,1H3,(H,24,28)(H,25,26). The Morgan fingerprint density at radius 3 is 2.48 bits per heavy atom. The molecule has 184 valence electrons. The van der Waals surface area contributed by atoms with E-state index < -0.39 is 58.0 Å². The van der Waals surface area contributed by atoms with E-state index in [1.54, 1.807) is 6.92 Å². The van der Waals surface area contributed by atoms with Gasteiger partial charge in [0.05, 0.1) is 17.5 Å². The summed E-state index contributed by atoms with van der Waals surface area (Å²) in [6.07, 6.45) is 0.874. The first-order valence-electron chi connectivity index (χ1n) is 10.6. The van der Waals surface area contributed by atoms with Crippen molar-refractivity contribution in [1.29, 1.82) is 0 Å². The van der Waals surface area contributed by atoms with Crippen LogP contribution >= 0.6 is 0 Å². The Bertz CT molecular complexity index is 934. The number of alkyl halides is 2. The Balaban J connectivity index is 1.88. The number of hydrogen-bond donors (Lipinski definition) is 2. The normalized spacial score (nSPS) is 15.6. The minimum atomic E-state index is -3.85. The quantitative estimate of drug-likeness (QED) is 0.423. The first kappa shape index (κ1) is 26.7. The summed E-state index contributed by atoms with van der Waals surface area (Å²) in [6, 6.07) is 4.23. The van der Waals surface area contributed by atoms with Gasteiger partial charge in [-0.15, -0.1) is 0 Å². The topological polar surface area (TPSA) is 128 Å². The number of amides is 2. The minimum Gasteiger partial charge on any atom is -0.435 e. The maximum atomic E-state index is 12.5. The Kier molecular flexibility index (Phi) is 10.2. The molecule has 1 aliphatic rings. The second-order valence-corrected chi connectivity index (χ2v) is 9.77. The number of benzene rings is 1. The summed E-state index contributed by atoms with van der Waals surface area (Å²) in [5.41, 5.74) is 0.0459. The van der Waals surface area contributed by atoms with Crippen molar-refractivity contribution in [2.24, 2.45) is 0 Å². The third-order valence-corrected chi connectivity index (χ3v) is 6.62. The molecule has 1 fully saturated rings. The molecular formula is C21H28F2N2O7S. The summed E-state index contributed by atoms with van der Waals surface area (Å²) in [7, 11) is -3.85. The van der Waals surface area contributed by atoms with Crippen molar-refractivity contribution in [3.63, 3.8) is 0 Å². The van der Waals surface area contributed by atoms with Gasteiger partial charge in [-0.25, -0.2) is 8.42 Å². The van der Waals surface area contributed by atoms with Crippen LogP contribution in [0.2, 0.25) is 0 Å². The first-order chi connectivity index (χ1) is 15.6. The fourth-order valence-electron chi connectivity index (χ4n) is 3.27. The van der Waals surface area contributed by atoms with Gasteiger partial charge in [-0.05, 0) is 25.3 Å². The van der Waals surface area contributed by atoms with Crippen molar-refractivity contribution >= 4 is 27.4 Å². The molecule has 2 N–H and O–H groups in total. The molecule has 1 aliphatic heterocycles. The molecule has 1 aromatic rings. The first-order valence-corrected chi connectivity index (χ1v) is 12.4. The van der Waals surface area contributed by atoms with Gasteiger partial charge in [0, 0.05) is 31.2 Å². The minimum absolute atomic E-state index is 0.0459. The molecule has 9 nitrogen and oxygen atoms in total. The lowest BCUT2D eigenvalue weighted by molar-refractivity contribution is -0.140. The van der Waals surface area contributed by atoms with Crippen molar-refractivity contribution in [3.05, 3.63) is 29.8 Å². The van der Waals surface area contributed by atoms with E-state index in [0.717, 1.165) is 0 Å². The summed E-state index contributed by atoms with van der Waals surface area (Å²) in [4.78, 5) is 36.8. The number of para-hydroxylation sites is 1. The number of rotatable bonds is 12. The fraction of sp³-hybridized carbons (Fsp3) is 0.571. The molecule has 12 heteroatoms. The van der Waals surface area contributed by atoms with Gasteiger partial charge in [-0.1, -0.05) is 25.1 Å². The van der Waals surface area contributed by atoms with Gasteiger partial charge in [0.15, 0.2) is 9.84 Å². The molecule has 0 spiro atoms. The highest BCUT2D eigenvalue weighted by molar-refractivity contribution is 7.90. The van der Waals surface area contributed by atoms with Crippen LogP contribution in [-0.4, -0.2) is 63.7 Å². The van der Waals surface area contributed by atoms with Crippen LogP contribution < -0.4 is 15.4 Å². The van der Waals surface area contributed by atoms with E-state index in [1.807, 2.05) is 0 Å². The third-order valence-electron chi connectivity index (χ3n) is 5.04. The van der Waals surface area contributed by atoms with E-state index in [4.69, 9.17) is 4.74 Å². The molecule has 0 saturated carbocycles. The number of nitrogens with one attached hydrogen (secondary N) is 2. The van der Waals surface area contributed by atoms with E-state index in [0.29, 0.717) is 26.1 Å². The molecule has 0 aliphatic carbocycles. The number of ether oxygens (including phenoxy) is 2. The van der Waals surface area contributed by atoms with Crippen LogP contribution in [0.25, 0.3) is 0 Å². The molecule has 0 aromatic heterocycles. The van der Waals surface area contributed by atoms with Crippen molar-refractivity contribution in [1.82, 2.24) is 10.6 Å². The molecule has 1 aromatic carbocycles. The lowest BCUT2D eigenvalue weighted by atomic mass is 10.1. The predicted octanol–water partition coefficient (Wildman–Crippen LogP) is 1.35. The fourth-order valence-corrected chi connectivity index (χ4v) is 4.62. The molecule has 1 saturated heterocycles. The summed E-state index contributed by atoms with van der Waals surface area (Å²) in [5, 5.41) is 5.02. The number of Topliss-reactive ketones (excluding diaryl/α,β-unsaturated/α-hetero) is 1. The van der Waals surface area contributed by atoms with Gasteiger partial charge in [0.25, 0.3) is 5.91 Å². The van der Waals surface area contributed by atoms with Crippen molar-refractivity contribution in [3.8, 4) is 5.75 Å². The van der Waals surface area contributed by atoms with Crippen LogP contribution in [0.3, 0.4) is 0 Å². The molecule has 2 rings (SSSR count). The molecule has 2 amide bonds. The molecule has 1 atom stereocenters. The van der Waals surface area contributed by atoms with E-state index >= 15 is 0 Å². The lowest BCUT2D eigenvalue weighted by Crippen LogP contribution is -2.50. The van der Waals surface area contributed by atoms with Crippen molar-refractivity contribution in [2.45, 2.75) is 57.1 Å². The molecular weight excluding hydrogens is 462 g/mol. The SMILES string of the molecule is CCC(NC(=O)CCS(=O)(=O)Cc1ccccc1OC(F)F)C(=O)C(=O)NC1CCOCC1. The zero-order valence-corrected chi connectivity index (χ0v) is 19.0. The summed E-state index contributed by atoms with van der Waals surface area (Å²) >= 11 is 0. The molecule has 0 bridgehead atoms. The predicted molar refractivity (Wildman–Crippen MR) is 114 cm³/mol. The Hall–Kier alpha value is -2.60. The molecule has 0 radical (unpaired) electrons. The zero-order valence-electron chi connectivity index (χ0n) is 18.2. The number of halogens is 2.